The lowest BCUT2D eigenvalue weighted by Crippen LogP contribution is -2.36. The van der Waals surface area contributed by atoms with Crippen LogP contribution in [0.2, 0.25) is 0 Å². The number of nitrogens with zero attached hydrogens (tertiary/aromatic N) is 3. The van der Waals surface area contributed by atoms with Crippen LogP contribution in [0.15, 0.2) is 42.6 Å². The van der Waals surface area contributed by atoms with Crippen molar-refractivity contribution in [2.45, 2.75) is 38.8 Å². The second kappa shape index (κ2) is 8.46. The molecule has 1 aliphatic rings. The van der Waals surface area contributed by atoms with Crippen LogP contribution in [0.1, 0.15) is 31.9 Å². The fourth-order valence-corrected chi connectivity index (χ4v) is 2.81. The standard InChI is InChI=1S/C19H24N4O2/c1-15(25-17-8-4-2-5-9-17)18(24)21-14-16-10-11-20-19(22-16)23-12-6-3-7-13-23/h2,4-5,8-11,15H,3,6-7,12-14H2,1H3,(H,21,24)/t15-/m1/s1. The summed E-state index contributed by atoms with van der Waals surface area (Å²) in [6, 6.07) is 11.2. The van der Waals surface area contributed by atoms with Crippen molar-refractivity contribution in [2.75, 3.05) is 18.0 Å². The number of aromatic nitrogens is 2. The first-order chi connectivity index (χ1) is 12.2. The Morgan fingerprint density at radius 2 is 1.96 bits per heavy atom. The van der Waals surface area contributed by atoms with Gasteiger partial charge in [0.15, 0.2) is 6.10 Å². The minimum Gasteiger partial charge on any atom is -0.481 e. The molecular formula is C19H24N4O2. The Kier molecular flexibility index (Phi) is 5.82. The quantitative estimate of drug-likeness (QED) is 0.875. The summed E-state index contributed by atoms with van der Waals surface area (Å²) in [5.41, 5.74) is 0.802. The molecule has 0 unspecified atom stereocenters. The molecular weight excluding hydrogens is 316 g/mol. The number of piperidine rings is 1. The predicted octanol–water partition coefficient (Wildman–Crippen LogP) is 2.55. The number of carbonyl (C=O) groups is 1. The third-order valence-corrected chi connectivity index (χ3v) is 4.21. The normalized spacial score (nSPS) is 15.5. The highest BCUT2D eigenvalue weighted by molar-refractivity contribution is 5.80. The van der Waals surface area contributed by atoms with Crippen LogP contribution in [0.3, 0.4) is 0 Å². The molecule has 1 aromatic carbocycles. The Hall–Kier alpha value is -2.63. The van der Waals surface area contributed by atoms with E-state index in [1.54, 1.807) is 13.1 Å². The number of benzene rings is 1. The maximum Gasteiger partial charge on any atom is 0.261 e. The number of rotatable bonds is 6. The van der Waals surface area contributed by atoms with E-state index < -0.39 is 6.10 Å². The Morgan fingerprint density at radius 1 is 1.20 bits per heavy atom. The average Bonchev–Trinajstić information content (AvgIpc) is 2.68. The van der Waals surface area contributed by atoms with Crippen molar-refractivity contribution in [1.29, 1.82) is 0 Å². The molecule has 1 N–H and O–H groups in total. The van der Waals surface area contributed by atoms with Crippen LogP contribution in [0.4, 0.5) is 5.95 Å². The van der Waals surface area contributed by atoms with E-state index in [0.29, 0.717) is 12.3 Å². The molecule has 0 spiro atoms. The number of nitrogens with one attached hydrogen (secondary N) is 1. The van der Waals surface area contributed by atoms with E-state index in [0.717, 1.165) is 24.7 Å². The van der Waals surface area contributed by atoms with Crippen molar-refractivity contribution < 1.29 is 9.53 Å². The molecule has 2 aromatic rings. The van der Waals surface area contributed by atoms with E-state index in [-0.39, 0.29) is 5.91 Å². The Morgan fingerprint density at radius 3 is 2.72 bits per heavy atom. The predicted molar refractivity (Wildman–Crippen MR) is 96.5 cm³/mol. The van der Waals surface area contributed by atoms with Gasteiger partial charge in [-0.25, -0.2) is 9.97 Å². The number of anilines is 1. The lowest BCUT2D eigenvalue weighted by Gasteiger charge is -2.26. The van der Waals surface area contributed by atoms with Gasteiger partial charge in [-0.2, -0.15) is 0 Å². The van der Waals surface area contributed by atoms with Crippen LogP contribution in [0.5, 0.6) is 5.75 Å². The van der Waals surface area contributed by atoms with E-state index in [9.17, 15) is 4.79 Å². The van der Waals surface area contributed by atoms with Gasteiger partial charge in [0, 0.05) is 19.3 Å². The number of para-hydroxylation sites is 1. The van der Waals surface area contributed by atoms with Crippen LogP contribution in [-0.4, -0.2) is 35.1 Å². The fraction of sp³-hybridized carbons (Fsp3) is 0.421. The Labute approximate surface area is 148 Å². The number of carbonyl (C=O) groups excluding carboxylic acids is 1. The maximum absolute atomic E-state index is 12.2. The number of hydrogen-bond acceptors (Lipinski definition) is 5. The lowest BCUT2D eigenvalue weighted by atomic mass is 10.1. The molecule has 6 nitrogen and oxygen atoms in total. The van der Waals surface area contributed by atoms with Crippen LogP contribution < -0.4 is 15.0 Å². The summed E-state index contributed by atoms with van der Waals surface area (Å²) in [5, 5.41) is 2.88. The van der Waals surface area contributed by atoms with Crippen molar-refractivity contribution in [3.05, 3.63) is 48.3 Å². The summed E-state index contributed by atoms with van der Waals surface area (Å²) in [6.45, 7) is 4.10. The molecule has 6 heteroatoms. The molecule has 1 fully saturated rings. The monoisotopic (exact) mass is 340 g/mol. The molecule has 1 atom stereocenters. The summed E-state index contributed by atoms with van der Waals surface area (Å²) >= 11 is 0. The van der Waals surface area contributed by atoms with Gasteiger partial charge < -0.3 is 15.0 Å². The minimum atomic E-state index is -0.564. The highest BCUT2D eigenvalue weighted by Crippen LogP contribution is 2.15. The maximum atomic E-state index is 12.2. The summed E-state index contributed by atoms with van der Waals surface area (Å²) in [4.78, 5) is 23.4. The first-order valence-electron chi connectivity index (χ1n) is 8.78. The first-order valence-corrected chi connectivity index (χ1v) is 8.78. The summed E-state index contributed by atoms with van der Waals surface area (Å²) in [7, 11) is 0. The first kappa shape index (κ1) is 17.2. The van der Waals surface area contributed by atoms with Gasteiger partial charge in [-0.1, -0.05) is 18.2 Å². The van der Waals surface area contributed by atoms with Gasteiger partial charge in [-0.3, -0.25) is 4.79 Å². The van der Waals surface area contributed by atoms with Crippen LogP contribution in [-0.2, 0) is 11.3 Å². The highest BCUT2D eigenvalue weighted by Gasteiger charge is 2.16. The molecule has 0 bridgehead atoms. The van der Waals surface area contributed by atoms with Crippen molar-refractivity contribution in [2.24, 2.45) is 0 Å². The van der Waals surface area contributed by atoms with Gasteiger partial charge in [0.1, 0.15) is 5.75 Å². The largest absolute Gasteiger partial charge is 0.481 e. The molecule has 0 saturated carbocycles. The van der Waals surface area contributed by atoms with E-state index >= 15 is 0 Å². The third kappa shape index (κ3) is 4.92. The zero-order chi connectivity index (χ0) is 17.5. The van der Waals surface area contributed by atoms with Gasteiger partial charge in [-0.15, -0.1) is 0 Å². The van der Waals surface area contributed by atoms with E-state index in [4.69, 9.17) is 4.74 Å². The van der Waals surface area contributed by atoms with E-state index in [1.807, 2.05) is 36.4 Å². The molecule has 1 amide bonds. The summed E-state index contributed by atoms with van der Waals surface area (Å²) in [5.74, 6) is 1.27. The molecule has 1 saturated heterocycles. The Balaban J connectivity index is 1.53. The van der Waals surface area contributed by atoms with Crippen molar-refractivity contribution >= 4 is 11.9 Å². The smallest absolute Gasteiger partial charge is 0.261 e. The third-order valence-electron chi connectivity index (χ3n) is 4.21. The zero-order valence-electron chi connectivity index (χ0n) is 14.5. The molecule has 2 heterocycles. The number of hydrogen-bond donors (Lipinski definition) is 1. The Bertz CT molecular complexity index is 687. The SMILES string of the molecule is C[C@@H](Oc1ccccc1)C(=O)NCc1ccnc(N2CCCCC2)n1. The number of ether oxygens (including phenoxy) is 1. The van der Waals surface area contributed by atoms with Gasteiger partial charge in [0.2, 0.25) is 5.95 Å². The van der Waals surface area contributed by atoms with Gasteiger partial charge in [0.05, 0.1) is 12.2 Å². The van der Waals surface area contributed by atoms with Gasteiger partial charge in [0.25, 0.3) is 5.91 Å². The number of amides is 1. The van der Waals surface area contributed by atoms with Crippen LogP contribution >= 0.6 is 0 Å². The molecule has 0 aliphatic carbocycles. The van der Waals surface area contributed by atoms with E-state index in [2.05, 4.69) is 20.2 Å². The van der Waals surface area contributed by atoms with Crippen molar-refractivity contribution in [3.63, 3.8) is 0 Å². The van der Waals surface area contributed by atoms with E-state index in [1.165, 1.54) is 19.3 Å². The molecule has 1 aliphatic heterocycles. The fourth-order valence-electron chi connectivity index (χ4n) is 2.81. The van der Waals surface area contributed by atoms with Gasteiger partial charge in [-0.05, 0) is 44.4 Å². The molecule has 1 aromatic heterocycles. The molecule has 0 radical (unpaired) electrons. The van der Waals surface area contributed by atoms with Gasteiger partial charge >= 0.3 is 0 Å². The molecule has 132 valence electrons. The molecule has 25 heavy (non-hydrogen) atoms. The minimum absolute atomic E-state index is 0.165. The van der Waals surface area contributed by atoms with Crippen LogP contribution in [0, 0.1) is 0 Å². The zero-order valence-corrected chi connectivity index (χ0v) is 14.5. The lowest BCUT2D eigenvalue weighted by molar-refractivity contribution is -0.127. The summed E-state index contributed by atoms with van der Waals surface area (Å²) < 4.78 is 5.63. The molecule has 3 rings (SSSR count). The second-order valence-electron chi connectivity index (χ2n) is 6.19. The summed E-state index contributed by atoms with van der Waals surface area (Å²) in [6.07, 6.45) is 4.82. The highest BCUT2D eigenvalue weighted by atomic mass is 16.5. The second-order valence-corrected chi connectivity index (χ2v) is 6.19. The van der Waals surface area contributed by atoms with Crippen LogP contribution in [0.25, 0.3) is 0 Å². The van der Waals surface area contributed by atoms with Crippen molar-refractivity contribution in [1.82, 2.24) is 15.3 Å². The van der Waals surface area contributed by atoms with Crippen molar-refractivity contribution in [3.8, 4) is 5.75 Å². The average molecular weight is 340 g/mol. The topological polar surface area (TPSA) is 67.3 Å².